The molecule has 0 radical (unpaired) electrons. The standard InChI is InChI=1S/C23H27F2N3O/c1-15-12-17-2-3-18(23(26)29)13-22(17)28(15)20-7-10-27(11-8-20)9-6-16-4-5-19(24)14-21(16)25/h2-5,13-15,20H,6-12H2,1H3,(H2,26,29). The first-order chi connectivity index (χ1) is 13.9. The lowest BCUT2D eigenvalue weighted by Crippen LogP contribution is -2.47. The van der Waals surface area contributed by atoms with Gasteiger partial charge < -0.3 is 15.5 Å². The van der Waals surface area contributed by atoms with E-state index in [2.05, 4.69) is 16.7 Å². The maximum atomic E-state index is 13.8. The summed E-state index contributed by atoms with van der Waals surface area (Å²) >= 11 is 0. The molecule has 2 aromatic rings. The zero-order valence-electron chi connectivity index (χ0n) is 16.7. The average Bonchev–Trinajstić information content (AvgIpc) is 3.02. The van der Waals surface area contributed by atoms with Crippen molar-refractivity contribution in [3.63, 3.8) is 0 Å². The Bertz CT molecular complexity index is 909. The van der Waals surface area contributed by atoms with Crippen molar-refractivity contribution in [3.8, 4) is 0 Å². The Morgan fingerprint density at radius 3 is 2.59 bits per heavy atom. The lowest BCUT2D eigenvalue weighted by molar-refractivity contribution is 0.100. The van der Waals surface area contributed by atoms with Crippen LogP contribution in [0.5, 0.6) is 0 Å². The van der Waals surface area contributed by atoms with E-state index in [0.717, 1.165) is 50.7 Å². The second kappa shape index (κ2) is 8.11. The van der Waals surface area contributed by atoms with Crippen molar-refractivity contribution in [1.82, 2.24) is 4.90 Å². The number of piperidine rings is 1. The summed E-state index contributed by atoms with van der Waals surface area (Å²) in [6.45, 7) is 4.89. The monoisotopic (exact) mass is 399 g/mol. The summed E-state index contributed by atoms with van der Waals surface area (Å²) in [7, 11) is 0. The molecule has 1 amide bonds. The fourth-order valence-corrected chi connectivity index (χ4v) is 4.76. The number of likely N-dealkylation sites (tertiary alicyclic amines) is 1. The van der Waals surface area contributed by atoms with Gasteiger partial charge in [-0.1, -0.05) is 12.1 Å². The minimum atomic E-state index is -0.536. The average molecular weight is 399 g/mol. The number of rotatable bonds is 5. The fraction of sp³-hybridized carbons (Fsp3) is 0.435. The molecule has 4 rings (SSSR count). The van der Waals surface area contributed by atoms with Crippen LogP contribution in [0.15, 0.2) is 36.4 Å². The molecule has 0 saturated carbocycles. The van der Waals surface area contributed by atoms with Gasteiger partial charge in [-0.3, -0.25) is 4.79 Å². The van der Waals surface area contributed by atoms with Crippen molar-refractivity contribution in [3.05, 3.63) is 64.7 Å². The van der Waals surface area contributed by atoms with Gasteiger partial charge >= 0.3 is 0 Å². The van der Waals surface area contributed by atoms with Gasteiger partial charge in [-0.2, -0.15) is 0 Å². The summed E-state index contributed by atoms with van der Waals surface area (Å²) < 4.78 is 26.9. The topological polar surface area (TPSA) is 49.6 Å². The molecule has 0 spiro atoms. The smallest absolute Gasteiger partial charge is 0.248 e. The summed E-state index contributed by atoms with van der Waals surface area (Å²) in [6.07, 6.45) is 3.62. The van der Waals surface area contributed by atoms with Gasteiger partial charge in [0.05, 0.1) is 0 Å². The molecule has 1 atom stereocenters. The number of amides is 1. The molecule has 4 nitrogen and oxygen atoms in total. The predicted octanol–water partition coefficient (Wildman–Crippen LogP) is 3.52. The summed E-state index contributed by atoms with van der Waals surface area (Å²) in [6, 6.07) is 10.4. The largest absolute Gasteiger partial charge is 0.366 e. The van der Waals surface area contributed by atoms with E-state index >= 15 is 0 Å². The molecular weight excluding hydrogens is 372 g/mol. The Hall–Kier alpha value is -2.47. The predicted molar refractivity (Wildman–Crippen MR) is 110 cm³/mol. The van der Waals surface area contributed by atoms with Gasteiger partial charge in [0.15, 0.2) is 0 Å². The van der Waals surface area contributed by atoms with Gasteiger partial charge in [0.2, 0.25) is 5.91 Å². The normalized spacial score (nSPS) is 20.1. The van der Waals surface area contributed by atoms with E-state index in [9.17, 15) is 13.6 Å². The van der Waals surface area contributed by atoms with Gasteiger partial charge in [-0.15, -0.1) is 0 Å². The minimum Gasteiger partial charge on any atom is -0.366 e. The Labute approximate surface area is 170 Å². The van der Waals surface area contributed by atoms with Crippen molar-refractivity contribution in [2.75, 3.05) is 24.5 Å². The lowest BCUT2D eigenvalue weighted by atomic mass is 10.0. The van der Waals surface area contributed by atoms with E-state index < -0.39 is 17.5 Å². The molecule has 2 heterocycles. The van der Waals surface area contributed by atoms with E-state index in [-0.39, 0.29) is 0 Å². The number of anilines is 1. The Morgan fingerprint density at radius 2 is 1.90 bits per heavy atom. The molecule has 0 aromatic heterocycles. The Kier molecular flexibility index (Phi) is 5.54. The number of carbonyl (C=O) groups excluding carboxylic acids is 1. The number of nitrogens with two attached hydrogens (primary N) is 1. The van der Waals surface area contributed by atoms with Gasteiger partial charge in [0.1, 0.15) is 11.6 Å². The molecule has 1 saturated heterocycles. The Balaban J connectivity index is 1.37. The third kappa shape index (κ3) is 4.13. The molecule has 1 fully saturated rings. The first-order valence-corrected chi connectivity index (χ1v) is 10.3. The van der Waals surface area contributed by atoms with E-state index in [1.165, 1.54) is 17.7 Å². The maximum absolute atomic E-state index is 13.8. The van der Waals surface area contributed by atoms with Crippen molar-refractivity contribution in [2.45, 2.75) is 44.7 Å². The number of fused-ring (bicyclic) bond motifs is 1. The second-order valence-electron chi connectivity index (χ2n) is 8.23. The molecule has 154 valence electrons. The van der Waals surface area contributed by atoms with Gasteiger partial charge in [0.25, 0.3) is 0 Å². The second-order valence-corrected chi connectivity index (χ2v) is 8.23. The zero-order valence-corrected chi connectivity index (χ0v) is 16.7. The van der Waals surface area contributed by atoms with Crippen LogP contribution in [0, 0.1) is 11.6 Å². The fourth-order valence-electron chi connectivity index (χ4n) is 4.76. The van der Waals surface area contributed by atoms with Crippen LogP contribution in [0.3, 0.4) is 0 Å². The summed E-state index contributed by atoms with van der Waals surface area (Å²) in [4.78, 5) is 16.4. The van der Waals surface area contributed by atoms with Crippen molar-refractivity contribution < 1.29 is 13.6 Å². The van der Waals surface area contributed by atoms with Gasteiger partial charge in [0, 0.05) is 49.0 Å². The number of nitrogens with zero attached hydrogens (tertiary/aromatic N) is 2. The van der Waals surface area contributed by atoms with Crippen LogP contribution in [0.1, 0.15) is 41.3 Å². The van der Waals surface area contributed by atoms with Crippen LogP contribution in [0.25, 0.3) is 0 Å². The van der Waals surface area contributed by atoms with E-state index in [1.807, 2.05) is 18.2 Å². The Morgan fingerprint density at radius 1 is 1.14 bits per heavy atom. The van der Waals surface area contributed by atoms with Gasteiger partial charge in [-0.05, 0) is 61.9 Å². The molecule has 0 bridgehead atoms. The van der Waals surface area contributed by atoms with Gasteiger partial charge in [-0.25, -0.2) is 8.78 Å². The lowest BCUT2D eigenvalue weighted by Gasteiger charge is -2.40. The zero-order chi connectivity index (χ0) is 20.5. The van der Waals surface area contributed by atoms with E-state index in [4.69, 9.17) is 5.73 Å². The van der Waals surface area contributed by atoms with Crippen LogP contribution in [0.2, 0.25) is 0 Å². The first kappa shape index (κ1) is 19.8. The molecule has 2 aliphatic rings. The molecule has 2 aromatic carbocycles. The number of primary amides is 1. The third-order valence-electron chi connectivity index (χ3n) is 6.30. The highest BCUT2D eigenvalue weighted by Crippen LogP contribution is 2.37. The van der Waals surface area contributed by atoms with Crippen LogP contribution < -0.4 is 10.6 Å². The number of carbonyl (C=O) groups is 1. The van der Waals surface area contributed by atoms with Crippen LogP contribution in [-0.2, 0) is 12.8 Å². The van der Waals surface area contributed by atoms with E-state index in [1.54, 1.807) is 0 Å². The molecule has 2 aliphatic heterocycles. The van der Waals surface area contributed by atoms with Crippen molar-refractivity contribution in [1.29, 1.82) is 0 Å². The highest BCUT2D eigenvalue weighted by atomic mass is 19.1. The minimum absolute atomic E-state index is 0.393. The van der Waals surface area contributed by atoms with Crippen LogP contribution in [-0.4, -0.2) is 42.5 Å². The summed E-state index contributed by atoms with van der Waals surface area (Å²) in [5, 5.41) is 0. The number of hydrogen-bond acceptors (Lipinski definition) is 3. The van der Waals surface area contributed by atoms with Crippen molar-refractivity contribution >= 4 is 11.6 Å². The number of benzene rings is 2. The number of hydrogen-bond donors (Lipinski definition) is 1. The molecular formula is C23H27F2N3O. The highest BCUT2D eigenvalue weighted by molar-refractivity contribution is 5.94. The quantitative estimate of drug-likeness (QED) is 0.837. The van der Waals surface area contributed by atoms with Crippen LogP contribution >= 0.6 is 0 Å². The SMILES string of the molecule is CC1Cc2ccc(C(N)=O)cc2N1C1CCN(CCc2ccc(F)cc2F)CC1. The third-order valence-corrected chi connectivity index (χ3v) is 6.30. The molecule has 6 heteroatoms. The maximum Gasteiger partial charge on any atom is 0.248 e. The first-order valence-electron chi connectivity index (χ1n) is 10.3. The molecule has 29 heavy (non-hydrogen) atoms. The van der Waals surface area contributed by atoms with E-state index in [0.29, 0.717) is 29.6 Å². The number of halogens is 2. The molecule has 0 aliphatic carbocycles. The molecule has 2 N–H and O–H groups in total. The molecule has 1 unspecified atom stereocenters. The van der Waals surface area contributed by atoms with Crippen molar-refractivity contribution in [2.24, 2.45) is 5.73 Å². The summed E-state index contributed by atoms with van der Waals surface area (Å²) in [5.74, 6) is -1.39. The van der Waals surface area contributed by atoms with Crippen LogP contribution in [0.4, 0.5) is 14.5 Å². The summed E-state index contributed by atoms with van der Waals surface area (Å²) in [5.41, 5.74) is 9.01. The highest BCUT2D eigenvalue weighted by Gasteiger charge is 2.34.